The third kappa shape index (κ3) is 3.33. The number of hydrogen-bond acceptors (Lipinski definition) is 3. The molecule has 2 rings (SSSR count). The number of carbonyl (C=O) groups is 1. The second-order valence-corrected chi connectivity index (χ2v) is 5.26. The van der Waals surface area contributed by atoms with Crippen LogP contribution in [0.1, 0.15) is 31.9 Å². The van der Waals surface area contributed by atoms with Crippen LogP contribution in [0.2, 0.25) is 0 Å². The summed E-state index contributed by atoms with van der Waals surface area (Å²) in [6, 6.07) is 9.77. The maximum Gasteiger partial charge on any atom is 0.225 e. The molecule has 1 saturated heterocycles. The van der Waals surface area contributed by atoms with Crippen LogP contribution in [0.3, 0.4) is 0 Å². The van der Waals surface area contributed by atoms with Crippen LogP contribution < -0.4 is 5.73 Å². The van der Waals surface area contributed by atoms with Crippen molar-refractivity contribution in [1.82, 2.24) is 4.90 Å². The van der Waals surface area contributed by atoms with Crippen LogP contribution in [0, 0.1) is 0 Å². The fraction of sp³-hybridized carbons (Fsp3) is 0.533. The Morgan fingerprint density at radius 2 is 1.89 bits per heavy atom. The summed E-state index contributed by atoms with van der Waals surface area (Å²) in [6.07, 6.45) is 0.346. The first-order valence-electron chi connectivity index (χ1n) is 6.79. The summed E-state index contributed by atoms with van der Waals surface area (Å²) in [5.74, 6) is 0.111. The molecule has 19 heavy (non-hydrogen) atoms. The van der Waals surface area contributed by atoms with Gasteiger partial charge in [0.25, 0.3) is 0 Å². The standard InChI is InChI=1S/C15H22N2O2/c1-11-9-19-10-12(2)17(11)15(18)8-14(16)13-6-4-3-5-7-13/h3-7,11-12,14H,8-10,16H2,1-2H3/t11-,12-,14-/m1/s1. The first kappa shape index (κ1) is 14.0. The molecule has 1 aliphatic heterocycles. The predicted molar refractivity (Wildman–Crippen MR) is 74.6 cm³/mol. The molecule has 1 aromatic rings. The quantitative estimate of drug-likeness (QED) is 0.902. The van der Waals surface area contributed by atoms with E-state index in [0.29, 0.717) is 19.6 Å². The normalized spacial score (nSPS) is 25.1. The fourth-order valence-electron chi connectivity index (χ4n) is 2.61. The summed E-state index contributed by atoms with van der Waals surface area (Å²) in [7, 11) is 0. The molecule has 0 spiro atoms. The van der Waals surface area contributed by atoms with E-state index < -0.39 is 0 Å². The topological polar surface area (TPSA) is 55.6 Å². The van der Waals surface area contributed by atoms with Crippen molar-refractivity contribution in [2.75, 3.05) is 13.2 Å². The Labute approximate surface area is 114 Å². The molecule has 104 valence electrons. The van der Waals surface area contributed by atoms with Crippen LogP contribution in [0.4, 0.5) is 0 Å². The molecule has 2 N–H and O–H groups in total. The minimum atomic E-state index is -0.240. The third-order valence-electron chi connectivity index (χ3n) is 3.58. The van der Waals surface area contributed by atoms with Crippen LogP contribution in [-0.4, -0.2) is 36.1 Å². The molecule has 0 aromatic heterocycles. The van der Waals surface area contributed by atoms with Gasteiger partial charge in [-0.3, -0.25) is 4.79 Å². The summed E-state index contributed by atoms with van der Waals surface area (Å²) >= 11 is 0. The van der Waals surface area contributed by atoms with Gasteiger partial charge in [0, 0.05) is 12.5 Å². The minimum absolute atomic E-state index is 0.111. The molecular formula is C15H22N2O2. The molecule has 1 amide bonds. The summed E-state index contributed by atoms with van der Waals surface area (Å²) in [5.41, 5.74) is 7.12. The molecule has 1 fully saturated rings. The lowest BCUT2D eigenvalue weighted by molar-refractivity contribution is -0.144. The van der Waals surface area contributed by atoms with Gasteiger partial charge < -0.3 is 15.4 Å². The molecule has 1 aromatic carbocycles. The highest BCUT2D eigenvalue weighted by atomic mass is 16.5. The van der Waals surface area contributed by atoms with Gasteiger partial charge in [0.15, 0.2) is 0 Å². The molecular weight excluding hydrogens is 240 g/mol. The van der Waals surface area contributed by atoms with Gasteiger partial charge in [-0.15, -0.1) is 0 Å². The van der Waals surface area contributed by atoms with Crippen LogP contribution >= 0.6 is 0 Å². The van der Waals surface area contributed by atoms with Crippen LogP contribution in [0.25, 0.3) is 0 Å². The second kappa shape index (κ2) is 6.17. The average molecular weight is 262 g/mol. The molecule has 0 radical (unpaired) electrons. The van der Waals surface area contributed by atoms with Crippen molar-refractivity contribution < 1.29 is 9.53 Å². The lowest BCUT2D eigenvalue weighted by Gasteiger charge is -2.39. The minimum Gasteiger partial charge on any atom is -0.377 e. The molecule has 0 saturated carbocycles. The highest BCUT2D eigenvalue weighted by Gasteiger charge is 2.30. The average Bonchev–Trinajstić information content (AvgIpc) is 2.39. The largest absolute Gasteiger partial charge is 0.377 e. The number of nitrogens with two attached hydrogens (primary N) is 1. The number of carbonyl (C=O) groups excluding carboxylic acids is 1. The number of rotatable bonds is 3. The van der Waals surface area contributed by atoms with E-state index in [9.17, 15) is 4.79 Å². The number of morpholine rings is 1. The summed E-state index contributed by atoms with van der Waals surface area (Å²) < 4.78 is 5.44. The summed E-state index contributed by atoms with van der Waals surface area (Å²) in [4.78, 5) is 14.3. The first-order chi connectivity index (χ1) is 9.09. The van der Waals surface area contributed by atoms with Gasteiger partial charge in [0.2, 0.25) is 5.91 Å². The van der Waals surface area contributed by atoms with Crippen molar-refractivity contribution in [2.45, 2.75) is 38.4 Å². The van der Waals surface area contributed by atoms with Crippen molar-refractivity contribution in [3.05, 3.63) is 35.9 Å². The SMILES string of the molecule is C[C@@H]1COC[C@@H](C)N1C(=O)C[C@@H](N)c1ccccc1. The van der Waals surface area contributed by atoms with Gasteiger partial charge in [-0.05, 0) is 19.4 Å². The van der Waals surface area contributed by atoms with E-state index in [4.69, 9.17) is 10.5 Å². The predicted octanol–water partition coefficient (Wildman–Crippen LogP) is 1.71. The molecule has 1 aliphatic rings. The highest BCUT2D eigenvalue weighted by molar-refractivity contribution is 5.77. The Hall–Kier alpha value is -1.39. The summed E-state index contributed by atoms with van der Waals surface area (Å²) in [5, 5.41) is 0. The van der Waals surface area contributed by atoms with E-state index in [-0.39, 0.29) is 24.0 Å². The van der Waals surface area contributed by atoms with E-state index >= 15 is 0 Å². The molecule has 1 heterocycles. The molecule has 4 heteroatoms. The Morgan fingerprint density at radius 1 is 1.32 bits per heavy atom. The van der Waals surface area contributed by atoms with E-state index in [1.54, 1.807) is 0 Å². The molecule has 4 nitrogen and oxygen atoms in total. The Kier molecular flexibility index (Phi) is 4.56. The summed E-state index contributed by atoms with van der Waals surface area (Å²) in [6.45, 7) is 5.25. The number of hydrogen-bond donors (Lipinski definition) is 1. The maximum atomic E-state index is 12.4. The van der Waals surface area contributed by atoms with Gasteiger partial charge in [0.1, 0.15) is 0 Å². The Balaban J connectivity index is 2.00. The van der Waals surface area contributed by atoms with Crippen molar-refractivity contribution in [1.29, 1.82) is 0 Å². The Morgan fingerprint density at radius 3 is 2.47 bits per heavy atom. The lowest BCUT2D eigenvalue weighted by atomic mass is 10.0. The van der Waals surface area contributed by atoms with Gasteiger partial charge in [-0.1, -0.05) is 30.3 Å². The van der Waals surface area contributed by atoms with Crippen LogP contribution in [-0.2, 0) is 9.53 Å². The van der Waals surface area contributed by atoms with E-state index in [0.717, 1.165) is 5.56 Å². The number of ether oxygens (including phenoxy) is 1. The maximum absolute atomic E-state index is 12.4. The molecule has 0 aliphatic carbocycles. The van der Waals surface area contributed by atoms with Crippen molar-refractivity contribution in [2.24, 2.45) is 5.73 Å². The number of amides is 1. The smallest absolute Gasteiger partial charge is 0.225 e. The van der Waals surface area contributed by atoms with Crippen molar-refractivity contribution in [3.8, 4) is 0 Å². The van der Waals surface area contributed by atoms with E-state index in [2.05, 4.69) is 0 Å². The number of nitrogens with zero attached hydrogens (tertiary/aromatic N) is 1. The highest BCUT2D eigenvalue weighted by Crippen LogP contribution is 2.19. The van der Waals surface area contributed by atoms with Gasteiger partial charge in [-0.2, -0.15) is 0 Å². The lowest BCUT2D eigenvalue weighted by Crippen LogP contribution is -2.52. The Bertz CT molecular complexity index is 411. The second-order valence-electron chi connectivity index (χ2n) is 5.26. The molecule has 3 atom stereocenters. The monoisotopic (exact) mass is 262 g/mol. The molecule has 0 unspecified atom stereocenters. The number of benzene rings is 1. The van der Waals surface area contributed by atoms with Crippen molar-refractivity contribution in [3.63, 3.8) is 0 Å². The van der Waals surface area contributed by atoms with Gasteiger partial charge >= 0.3 is 0 Å². The molecule has 0 bridgehead atoms. The first-order valence-corrected chi connectivity index (χ1v) is 6.79. The zero-order chi connectivity index (χ0) is 13.8. The zero-order valence-electron chi connectivity index (χ0n) is 11.6. The van der Waals surface area contributed by atoms with E-state index in [1.165, 1.54) is 0 Å². The zero-order valence-corrected chi connectivity index (χ0v) is 11.6. The van der Waals surface area contributed by atoms with Gasteiger partial charge in [-0.25, -0.2) is 0 Å². The van der Waals surface area contributed by atoms with E-state index in [1.807, 2.05) is 49.1 Å². The fourth-order valence-corrected chi connectivity index (χ4v) is 2.61. The van der Waals surface area contributed by atoms with Crippen LogP contribution in [0.5, 0.6) is 0 Å². The van der Waals surface area contributed by atoms with Crippen molar-refractivity contribution >= 4 is 5.91 Å². The van der Waals surface area contributed by atoms with Crippen LogP contribution in [0.15, 0.2) is 30.3 Å². The van der Waals surface area contributed by atoms with Gasteiger partial charge in [0.05, 0.1) is 25.3 Å². The third-order valence-corrected chi connectivity index (χ3v) is 3.58.